The highest BCUT2D eigenvalue weighted by atomic mass is 16.3. The number of aliphatic hydroxyl groups excluding tert-OH is 1. The van der Waals surface area contributed by atoms with Crippen molar-refractivity contribution in [2.24, 2.45) is 0 Å². The smallest absolute Gasteiger partial charge is 0.273 e. The number of carbonyl (C=O) groups is 1. The molecular formula is C22H23N3O3. The normalized spacial score (nSPS) is 15.9. The number of aromatic nitrogens is 2. The fourth-order valence-corrected chi connectivity index (χ4v) is 3.83. The van der Waals surface area contributed by atoms with Gasteiger partial charge in [0, 0.05) is 24.3 Å². The second-order valence-corrected chi connectivity index (χ2v) is 6.95. The van der Waals surface area contributed by atoms with Crippen molar-refractivity contribution >= 4 is 5.91 Å². The molecule has 0 saturated carbocycles. The van der Waals surface area contributed by atoms with Gasteiger partial charge >= 0.3 is 0 Å². The highest BCUT2D eigenvalue weighted by Gasteiger charge is 2.42. The maximum Gasteiger partial charge on any atom is 0.273 e. The lowest BCUT2D eigenvalue weighted by molar-refractivity contribution is 0.0732. The van der Waals surface area contributed by atoms with Crippen molar-refractivity contribution in [3.63, 3.8) is 0 Å². The summed E-state index contributed by atoms with van der Waals surface area (Å²) in [5, 5.41) is 26.8. The summed E-state index contributed by atoms with van der Waals surface area (Å²) in [4.78, 5) is 14.8. The number of benzene rings is 2. The summed E-state index contributed by atoms with van der Waals surface area (Å²) in [5.74, 6) is -0.0136. The van der Waals surface area contributed by atoms with E-state index in [1.807, 2.05) is 18.2 Å². The number of phenols is 1. The minimum absolute atomic E-state index is 0.0176. The first-order valence-corrected chi connectivity index (χ1v) is 9.53. The molecule has 0 aliphatic carbocycles. The van der Waals surface area contributed by atoms with Gasteiger partial charge in [0.05, 0.1) is 6.04 Å². The highest BCUT2D eigenvalue weighted by Crippen LogP contribution is 2.44. The third kappa shape index (κ3) is 2.96. The Morgan fingerprint density at radius 1 is 1.14 bits per heavy atom. The van der Waals surface area contributed by atoms with Crippen LogP contribution >= 0.6 is 0 Å². The van der Waals surface area contributed by atoms with Gasteiger partial charge in [0.1, 0.15) is 17.1 Å². The van der Waals surface area contributed by atoms with Gasteiger partial charge in [0.2, 0.25) is 0 Å². The monoisotopic (exact) mass is 377 g/mol. The molecular weight excluding hydrogens is 354 g/mol. The van der Waals surface area contributed by atoms with Gasteiger partial charge in [-0.15, -0.1) is 0 Å². The average molecular weight is 377 g/mol. The Morgan fingerprint density at radius 2 is 1.89 bits per heavy atom. The molecule has 6 nitrogen and oxygen atoms in total. The second-order valence-electron chi connectivity index (χ2n) is 6.95. The van der Waals surface area contributed by atoms with Crippen LogP contribution in [0.15, 0.2) is 48.5 Å². The summed E-state index contributed by atoms with van der Waals surface area (Å²) >= 11 is 0. The van der Waals surface area contributed by atoms with E-state index in [0.717, 1.165) is 17.5 Å². The molecule has 1 aliphatic heterocycles. The zero-order valence-electron chi connectivity index (χ0n) is 15.7. The van der Waals surface area contributed by atoms with E-state index in [0.29, 0.717) is 29.9 Å². The van der Waals surface area contributed by atoms with Gasteiger partial charge in [-0.05, 0) is 36.1 Å². The van der Waals surface area contributed by atoms with Crippen LogP contribution in [0.5, 0.6) is 5.75 Å². The van der Waals surface area contributed by atoms with Crippen molar-refractivity contribution in [2.45, 2.75) is 25.8 Å². The number of aromatic hydroxyl groups is 1. The zero-order chi connectivity index (χ0) is 19.7. The van der Waals surface area contributed by atoms with Crippen LogP contribution in [-0.4, -0.2) is 44.4 Å². The van der Waals surface area contributed by atoms with Crippen molar-refractivity contribution in [1.82, 2.24) is 15.1 Å². The van der Waals surface area contributed by atoms with Gasteiger partial charge in [0.25, 0.3) is 5.91 Å². The van der Waals surface area contributed by atoms with Crippen molar-refractivity contribution in [3.05, 3.63) is 70.9 Å². The van der Waals surface area contributed by atoms with Gasteiger partial charge < -0.3 is 15.1 Å². The summed E-state index contributed by atoms with van der Waals surface area (Å²) in [7, 11) is 0. The number of rotatable bonds is 6. The number of nitrogens with one attached hydrogen (secondary N) is 1. The maximum atomic E-state index is 13.0. The molecule has 144 valence electrons. The van der Waals surface area contributed by atoms with E-state index in [9.17, 15) is 15.0 Å². The molecule has 1 aromatic heterocycles. The lowest BCUT2D eigenvalue weighted by Gasteiger charge is -2.26. The van der Waals surface area contributed by atoms with Gasteiger partial charge in [-0.3, -0.25) is 9.89 Å². The van der Waals surface area contributed by atoms with Crippen LogP contribution in [0, 0.1) is 0 Å². The number of amides is 1. The quantitative estimate of drug-likeness (QED) is 0.615. The van der Waals surface area contributed by atoms with Crippen molar-refractivity contribution in [2.75, 3.05) is 13.2 Å². The summed E-state index contributed by atoms with van der Waals surface area (Å²) < 4.78 is 0. The Labute approximate surface area is 163 Å². The molecule has 0 saturated heterocycles. The molecule has 6 heteroatoms. The van der Waals surface area contributed by atoms with Crippen LogP contribution in [0.3, 0.4) is 0 Å². The van der Waals surface area contributed by atoms with E-state index in [4.69, 9.17) is 0 Å². The van der Waals surface area contributed by atoms with Gasteiger partial charge in [-0.1, -0.05) is 43.3 Å². The number of para-hydroxylation sites is 1. The molecule has 0 fully saturated rings. The number of aromatic amines is 1. The Balaban J connectivity index is 1.86. The number of aryl methyl sites for hydroxylation is 1. The van der Waals surface area contributed by atoms with Gasteiger partial charge in [-0.25, -0.2) is 0 Å². The fourth-order valence-electron chi connectivity index (χ4n) is 3.83. The molecule has 2 heterocycles. The van der Waals surface area contributed by atoms with Crippen LogP contribution in [0.25, 0.3) is 11.3 Å². The maximum absolute atomic E-state index is 13.0. The summed E-state index contributed by atoms with van der Waals surface area (Å²) in [6.07, 6.45) is 1.44. The topological polar surface area (TPSA) is 89.5 Å². The predicted molar refractivity (Wildman–Crippen MR) is 106 cm³/mol. The number of hydrogen-bond acceptors (Lipinski definition) is 4. The largest absolute Gasteiger partial charge is 0.507 e. The number of H-pyrrole nitrogens is 1. The minimum Gasteiger partial charge on any atom is -0.507 e. The molecule has 28 heavy (non-hydrogen) atoms. The zero-order valence-corrected chi connectivity index (χ0v) is 15.7. The van der Waals surface area contributed by atoms with Crippen LogP contribution in [0.2, 0.25) is 0 Å². The van der Waals surface area contributed by atoms with Crippen molar-refractivity contribution < 1.29 is 15.0 Å². The van der Waals surface area contributed by atoms with Crippen LogP contribution in [0.4, 0.5) is 0 Å². The summed E-state index contributed by atoms with van der Waals surface area (Å²) in [6.45, 7) is 2.56. The molecule has 3 aromatic rings. The molecule has 3 N–H and O–H groups in total. The first-order valence-electron chi connectivity index (χ1n) is 9.53. The molecule has 0 radical (unpaired) electrons. The lowest BCUT2D eigenvalue weighted by atomic mass is 9.95. The number of fused-ring (bicyclic) bond motifs is 1. The van der Waals surface area contributed by atoms with E-state index in [2.05, 4.69) is 29.3 Å². The molecule has 2 aromatic carbocycles. The van der Waals surface area contributed by atoms with E-state index >= 15 is 0 Å². The third-order valence-corrected chi connectivity index (χ3v) is 5.28. The van der Waals surface area contributed by atoms with Crippen LogP contribution in [-0.2, 0) is 6.42 Å². The lowest BCUT2D eigenvalue weighted by Crippen LogP contribution is -2.31. The molecule has 0 bridgehead atoms. The summed E-state index contributed by atoms with van der Waals surface area (Å²) in [5.41, 5.74) is 4.60. The van der Waals surface area contributed by atoms with Crippen molar-refractivity contribution in [3.8, 4) is 17.0 Å². The minimum atomic E-state index is -0.312. The highest BCUT2D eigenvalue weighted by molar-refractivity contribution is 6.00. The van der Waals surface area contributed by atoms with Crippen LogP contribution < -0.4 is 0 Å². The molecule has 1 unspecified atom stereocenters. The molecule has 1 atom stereocenters. The third-order valence-electron chi connectivity index (χ3n) is 5.28. The van der Waals surface area contributed by atoms with Crippen LogP contribution in [0.1, 0.15) is 46.6 Å². The number of phenolic OH excluding ortho intramolecular Hbond substituents is 1. The van der Waals surface area contributed by atoms with Crippen molar-refractivity contribution in [1.29, 1.82) is 0 Å². The first kappa shape index (κ1) is 18.3. The molecule has 0 spiro atoms. The van der Waals surface area contributed by atoms with E-state index < -0.39 is 0 Å². The Kier molecular flexibility index (Phi) is 4.88. The molecule has 4 rings (SSSR count). The number of nitrogens with zero attached hydrogens (tertiary/aromatic N) is 2. The average Bonchev–Trinajstić information content (AvgIpc) is 3.26. The van der Waals surface area contributed by atoms with E-state index in [-0.39, 0.29) is 24.3 Å². The second kappa shape index (κ2) is 7.48. The Morgan fingerprint density at radius 3 is 2.57 bits per heavy atom. The first-order chi connectivity index (χ1) is 13.7. The number of aliphatic hydroxyl groups is 1. The van der Waals surface area contributed by atoms with E-state index in [1.54, 1.807) is 23.1 Å². The standard InChI is InChI=1S/C22H23N3O3/c1-2-14-8-10-15(11-9-14)21-18-19(16-6-3-4-7-17(16)27)23-24-20(18)22(28)25(21)12-5-13-26/h3-4,6-11,21,26-27H,2,5,12-13H2,1H3,(H,23,24). The fraction of sp³-hybridized carbons (Fsp3) is 0.273. The van der Waals surface area contributed by atoms with Gasteiger partial charge in [0.15, 0.2) is 0 Å². The number of hydrogen-bond donors (Lipinski definition) is 3. The summed E-state index contributed by atoms with van der Waals surface area (Å²) in [6, 6.07) is 14.9. The molecule has 1 amide bonds. The van der Waals surface area contributed by atoms with Gasteiger partial charge in [-0.2, -0.15) is 5.10 Å². The Bertz CT molecular complexity index is 995. The Hall–Kier alpha value is -3.12. The van der Waals surface area contributed by atoms with E-state index in [1.165, 1.54) is 5.56 Å². The predicted octanol–water partition coefficient (Wildman–Crippen LogP) is 3.27. The molecule has 1 aliphatic rings. The SMILES string of the molecule is CCc1ccc(C2c3c(-c4ccccc4O)n[nH]c3C(=O)N2CCCO)cc1. The number of carbonyl (C=O) groups excluding carboxylic acids is 1.